The number of nitrogens with one attached hydrogen (secondary N) is 2. The molecule has 1 aromatic carbocycles. The number of Topliss-reactive ketones (excluding diaryl/α,β-unsaturated/α-hetero) is 1. The van der Waals surface area contributed by atoms with E-state index in [1.54, 1.807) is 22.6 Å². The minimum Gasteiger partial charge on any atom is -0.462 e. The lowest BCUT2D eigenvalue weighted by molar-refractivity contribution is -0.155. The predicted octanol–water partition coefficient (Wildman–Crippen LogP) is 3.15. The normalized spacial score (nSPS) is 11.9. The molecule has 43 heavy (non-hydrogen) atoms. The van der Waals surface area contributed by atoms with Gasteiger partial charge in [-0.15, -0.1) is 11.6 Å². The maximum atomic E-state index is 13.6. The molecule has 0 spiro atoms. The molecule has 0 fully saturated rings. The molecule has 0 aliphatic rings. The molecule has 2 amide bonds. The van der Waals surface area contributed by atoms with Gasteiger partial charge in [0.15, 0.2) is 18.0 Å². The molecule has 0 bridgehead atoms. The lowest BCUT2D eigenvalue weighted by Gasteiger charge is -2.21. The highest BCUT2D eigenvalue weighted by atomic mass is 127. The second-order valence-electron chi connectivity index (χ2n) is 8.77. The van der Waals surface area contributed by atoms with Gasteiger partial charge < -0.3 is 29.6 Å². The van der Waals surface area contributed by atoms with Gasteiger partial charge in [0.2, 0.25) is 0 Å². The summed E-state index contributed by atoms with van der Waals surface area (Å²) in [5.74, 6) is -4.07. The van der Waals surface area contributed by atoms with Crippen LogP contribution in [0.4, 0.5) is 0 Å². The van der Waals surface area contributed by atoms with Crippen LogP contribution in [0.15, 0.2) is 0 Å². The summed E-state index contributed by atoms with van der Waals surface area (Å²) < 4.78 is 20.9. The number of hydrogen-bond acceptors (Lipinski definition) is 11. The van der Waals surface area contributed by atoms with Crippen LogP contribution in [0.25, 0.3) is 0 Å². The van der Waals surface area contributed by atoms with Crippen molar-refractivity contribution >= 4 is 121 Å². The number of benzene rings is 1. The molecule has 1 aromatic rings. The number of rotatable bonds is 16. The summed E-state index contributed by atoms with van der Waals surface area (Å²) in [4.78, 5) is 85.8. The topological polar surface area (TPSA) is 180 Å². The average molecular weight is 963 g/mol. The summed E-state index contributed by atoms with van der Waals surface area (Å²) in [6.07, 6.45) is -1.60. The van der Waals surface area contributed by atoms with Crippen molar-refractivity contribution in [1.29, 1.82) is 0 Å². The van der Waals surface area contributed by atoms with Crippen molar-refractivity contribution in [3.63, 3.8) is 0 Å². The third-order valence-electron chi connectivity index (χ3n) is 5.18. The molecule has 2 atom stereocenters. The predicted molar refractivity (Wildman–Crippen MR) is 178 cm³/mol. The summed E-state index contributed by atoms with van der Waals surface area (Å²) in [5.41, 5.74) is 0.0843. The van der Waals surface area contributed by atoms with E-state index in [0.717, 1.165) is 6.92 Å². The summed E-state index contributed by atoms with van der Waals surface area (Å²) in [6, 6.07) is 0. The molecule has 2 unspecified atom stereocenters. The molecule has 0 saturated carbocycles. The van der Waals surface area contributed by atoms with E-state index >= 15 is 0 Å². The number of ketones is 1. The summed E-state index contributed by atoms with van der Waals surface area (Å²) in [5, 5.41) is 5.22. The van der Waals surface area contributed by atoms with Crippen LogP contribution in [0.2, 0.25) is 0 Å². The Bertz CT molecular complexity index is 1260. The molecule has 0 aliphatic heterocycles. The molecule has 0 radical (unpaired) electrons. The van der Waals surface area contributed by atoms with E-state index in [-0.39, 0.29) is 64.6 Å². The van der Waals surface area contributed by atoms with Gasteiger partial charge in [0.1, 0.15) is 13.2 Å². The lowest BCUT2D eigenvalue weighted by atomic mass is 9.97. The Balaban J connectivity index is 3.49. The van der Waals surface area contributed by atoms with Gasteiger partial charge in [0.05, 0.1) is 24.2 Å². The van der Waals surface area contributed by atoms with Crippen LogP contribution >= 0.6 is 79.4 Å². The molecule has 0 heterocycles. The molecule has 238 valence electrons. The first-order valence-corrected chi connectivity index (χ1v) is 16.3. The fourth-order valence-electron chi connectivity index (χ4n) is 3.44. The SMILES string of the molecule is CC(=O)OCC(CNC(=O)c1c(I)c(I)c(C(=O)CCCCl)c(C(=O)NCC(COC(C)=O)OC(C)=O)c1I)OC(C)=O. The molecular formula is C26H30ClI3N2O11. The van der Waals surface area contributed by atoms with Crippen molar-refractivity contribution in [2.45, 2.75) is 52.7 Å². The van der Waals surface area contributed by atoms with Crippen molar-refractivity contribution in [1.82, 2.24) is 10.6 Å². The van der Waals surface area contributed by atoms with E-state index < -0.39 is 47.9 Å². The molecule has 13 nitrogen and oxygen atoms in total. The van der Waals surface area contributed by atoms with E-state index in [0.29, 0.717) is 13.6 Å². The van der Waals surface area contributed by atoms with Gasteiger partial charge in [-0.25, -0.2) is 0 Å². The van der Waals surface area contributed by atoms with E-state index in [1.807, 2.05) is 45.2 Å². The Morgan fingerprint density at radius 3 is 1.47 bits per heavy atom. The zero-order chi connectivity index (χ0) is 32.9. The summed E-state index contributed by atoms with van der Waals surface area (Å²) in [6.45, 7) is 3.60. The van der Waals surface area contributed by atoms with Crippen LogP contribution in [-0.4, -0.2) is 85.9 Å². The van der Waals surface area contributed by atoms with Crippen LogP contribution in [0.5, 0.6) is 0 Å². The molecule has 0 aromatic heterocycles. The van der Waals surface area contributed by atoms with Crippen LogP contribution < -0.4 is 10.6 Å². The largest absolute Gasteiger partial charge is 0.462 e. The summed E-state index contributed by atoms with van der Waals surface area (Å²) in [7, 11) is 0. The van der Waals surface area contributed by atoms with Gasteiger partial charge in [-0.1, -0.05) is 0 Å². The van der Waals surface area contributed by atoms with Crippen molar-refractivity contribution in [2.75, 3.05) is 32.2 Å². The third kappa shape index (κ3) is 13.4. The van der Waals surface area contributed by atoms with Gasteiger partial charge in [-0.2, -0.15) is 0 Å². The fraction of sp³-hybridized carbons (Fsp3) is 0.500. The molecule has 2 N–H and O–H groups in total. The zero-order valence-electron chi connectivity index (χ0n) is 23.6. The second-order valence-corrected chi connectivity index (χ2v) is 12.4. The molecule has 1 rings (SSSR count). The summed E-state index contributed by atoms with van der Waals surface area (Å²) >= 11 is 11.4. The van der Waals surface area contributed by atoms with Crippen LogP contribution in [0, 0.1) is 10.7 Å². The van der Waals surface area contributed by atoms with Crippen molar-refractivity contribution in [3.8, 4) is 0 Å². The maximum Gasteiger partial charge on any atom is 0.303 e. The van der Waals surface area contributed by atoms with Crippen molar-refractivity contribution in [3.05, 3.63) is 27.4 Å². The lowest BCUT2D eigenvalue weighted by Crippen LogP contribution is -2.40. The highest BCUT2D eigenvalue weighted by Crippen LogP contribution is 2.33. The standard InChI is InChI=1S/C26H30ClI3N2O11/c1-12(33)40-10-16(42-14(3)35)8-31-25(38)20-19(18(37)6-5-7-27)23(29)24(30)21(22(20)28)26(39)32-9-17(43-15(4)36)11-41-13(2)34/h16-17H,5-11H2,1-4H3,(H,31,38)(H,32,39). The van der Waals surface area contributed by atoms with Gasteiger partial charge in [-0.3, -0.25) is 33.6 Å². The number of carbonyl (C=O) groups excluding carboxylic acids is 7. The first kappa shape index (κ1) is 39.2. The smallest absolute Gasteiger partial charge is 0.303 e. The van der Waals surface area contributed by atoms with E-state index in [9.17, 15) is 33.6 Å². The van der Waals surface area contributed by atoms with Gasteiger partial charge in [0.25, 0.3) is 11.8 Å². The number of alkyl halides is 1. The average Bonchev–Trinajstić information content (AvgIpc) is 2.91. The number of hydrogen-bond donors (Lipinski definition) is 2. The molecular weight excluding hydrogens is 932 g/mol. The van der Waals surface area contributed by atoms with Gasteiger partial charge in [0, 0.05) is 56.3 Å². The van der Waals surface area contributed by atoms with E-state index in [4.69, 9.17) is 30.5 Å². The second kappa shape index (κ2) is 19.6. The first-order chi connectivity index (χ1) is 20.1. The highest BCUT2D eigenvalue weighted by Gasteiger charge is 2.31. The van der Waals surface area contributed by atoms with Crippen molar-refractivity contribution < 1.29 is 52.5 Å². The molecule has 0 aliphatic carbocycles. The Kier molecular flexibility index (Phi) is 17.8. The minimum absolute atomic E-state index is 0.0419. The first-order valence-electron chi connectivity index (χ1n) is 12.6. The number of halogens is 4. The van der Waals surface area contributed by atoms with Gasteiger partial charge in [-0.05, 0) is 74.2 Å². The number of esters is 4. The van der Waals surface area contributed by atoms with Crippen LogP contribution in [0.3, 0.4) is 0 Å². The van der Waals surface area contributed by atoms with E-state index in [1.165, 1.54) is 20.8 Å². The minimum atomic E-state index is -1.01. The maximum absolute atomic E-state index is 13.6. The molecule has 17 heteroatoms. The van der Waals surface area contributed by atoms with Crippen molar-refractivity contribution in [2.24, 2.45) is 0 Å². The zero-order valence-corrected chi connectivity index (χ0v) is 30.8. The number of amides is 2. The Labute approximate surface area is 294 Å². The fourth-order valence-corrected chi connectivity index (χ4v) is 6.74. The number of ether oxygens (including phenoxy) is 4. The van der Waals surface area contributed by atoms with Crippen LogP contribution in [-0.2, 0) is 38.1 Å². The Hall–Kier alpha value is -1.81. The third-order valence-corrected chi connectivity index (χ3v) is 9.72. The van der Waals surface area contributed by atoms with Gasteiger partial charge >= 0.3 is 23.9 Å². The quantitative estimate of drug-likeness (QED) is 0.0621. The number of carbonyl (C=O) groups is 7. The Morgan fingerprint density at radius 1 is 0.651 bits per heavy atom. The molecule has 0 saturated heterocycles. The Morgan fingerprint density at radius 2 is 1.07 bits per heavy atom. The van der Waals surface area contributed by atoms with E-state index in [2.05, 4.69) is 10.6 Å². The monoisotopic (exact) mass is 962 g/mol. The highest BCUT2D eigenvalue weighted by molar-refractivity contribution is 14.1. The van der Waals surface area contributed by atoms with Crippen LogP contribution in [0.1, 0.15) is 71.6 Å².